The first-order valence-electron chi connectivity index (χ1n) is 7.68. The van der Waals surface area contributed by atoms with E-state index < -0.39 is 6.10 Å². The van der Waals surface area contributed by atoms with Gasteiger partial charge in [-0.05, 0) is 37.8 Å². The summed E-state index contributed by atoms with van der Waals surface area (Å²) >= 11 is 0. The first kappa shape index (κ1) is 15.4. The molecule has 1 heterocycles. The molecule has 1 aromatic carbocycles. The molecule has 0 saturated carbocycles. The molecule has 1 aromatic rings. The van der Waals surface area contributed by atoms with Crippen molar-refractivity contribution in [1.29, 1.82) is 0 Å². The molecule has 0 radical (unpaired) electrons. The molecule has 0 bridgehead atoms. The number of hydrogen-bond acceptors (Lipinski definition) is 5. The van der Waals surface area contributed by atoms with E-state index in [1.165, 1.54) is 0 Å². The molecule has 2 atom stereocenters. The van der Waals surface area contributed by atoms with Gasteiger partial charge < -0.3 is 19.5 Å². The Kier molecular flexibility index (Phi) is 4.50. The molecule has 0 spiro atoms. The van der Waals surface area contributed by atoms with E-state index in [1.807, 2.05) is 6.08 Å². The first-order valence-corrected chi connectivity index (χ1v) is 7.68. The lowest BCUT2D eigenvalue weighted by Crippen LogP contribution is -2.30. The average molecular weight is 317 g/mol. The number of carbonyl (C=O) groups excluding carboxylic acids is 2. The normalized spacial score (nSPS) is 19.4. The van der Waals surface area contributed by atoms with Crippen molar-refractivity contribution in [2.24, 2.45) is 5.92 Å². The van der Waals surface area contributed by atoms with Gasteiger partial charge in [-0.2, -0.15) is 0 Å². The summed E-state index contributed by atoms with van der Waals surface area (Å²) < 4.78 is 15.7. The van der Waals surface area contributed by atoms with Crippen molar-refractivity contribution in [3.8, 4) is 11.5 Å². The van der Waals surface area contributed by atoms with Crippen molar-refractivity contribution in [1.82, 2.24) is 0 Å². The van der Waals surface area contributed by atoms with Crippen LogP contribution in [0.5, 0.6) is 11.5 Å². The minimum Gasteiger partial charge on any atom is -0.454 e. The minimum absolute atomic E-state index is 0.177. The Morgan fingerprint density at radius 1 is 1.35 bits per heavy atom. The molecule has 2 aliphatic rings. The number of fused-ring (bicyclic) bond motifs is 1. The molecule has 6 nitrogen and oxygen atoms in total. The summed E-state index contributed by atoms with van der Waals surface area (Å²) in [7, 11) is 0. The van der Waals surface area contributed by atoms with E-state index in [9.17, 15) is 9.59 Å². The second kappa shape index (κ2) is 6.73. The zero-order valence-corrected chi connectivity index (χ0v) is 12.9. The largest absolute Gasteiger partial charge is 0.454 e. The quantitative estimate of drug-likeness (QED) is 0.667. The fourth-order valence-electron chi connectivity index (χ4n) is 2.60. The number of rotatable bonds is 5. The van der Waals surface area contributed by atoms with Crippen LogP contribution in [0.2, 0.25) is 0 Å². The molecule has 0 aromatic heterocycles. The lowest BCUT2D eigenvalue weighted by molar-refractivity contribution is -0.153. The lowest BCUT2D eigenvalue weighted by atomic mass is 10.1. The van der Waals surface area contributed by atoms with E-state index in [4.69, 9.17) is 14.2 Å². The maximum Gasteiger partial charge on any atom is 0.307 e. The highest BCUT2D eigenvalue weighted by Gasteiger charge is 2.22. The molecule has 1 aliphatic heterocycles. The van der Waals surface area contributed by atoms with Gasteiger partial charge in [0, 0.05) is 11.8 Å². The van der Waals surface area contributed by atoms with Crippen LogP contribution >= 0.6 is 0 Å². The van der Waals surface area contributed by atoms with Crippen molar-refractivity contribution in [3.63, 3.8) is 0 Å². The number of nitrogens with one attached hydrogen (secondary N) is 1. The highest BCUT2D eigenvalue weighted by molar-refractivity contribution is 5.95. The fraction of sp³-hybridized carbons (Fsp3) is 0.412. The van der Waals surface area contributed by atoms with Crippen LogP contribution in [0.4, 0.5) is 5.69 Å². The molecule has 3 rings (SSSR count). The molecule has 1 amide bonds. The Bertz CT molecular complexity index is 640. The van der Waals surface area contributed by atoms with Gasteiger partial charge in [0.15, 0.2) is 17.6 Å². The number of benzene rings is 1. The monoisotopic (exact) mass is 317 g/mol. The van der Waals surface area contributed by atoms with Gasteiger partial charge in [-0.1, -0.05) is 12.2 Å². The summed E-state index contributed by atoms with van der Waals surface area (Å²) in [5, 5.41) is 2.70. The highest BCUT2D eigenvalue weighted by atomic mass is 16.7. The van der Waals surface area contributed by atoms with Crippen LogP contribution in [0.25, 0.3) is 0 Å². The Hall–Kier alpha value is -2.50. The van der Waals surface area contributed by atoms with E-state index in [1.54, 1.807) is 25.1 Å². The second-order valence-electron chi connectivity index (χ2n) is 5.66. The number of anilines is 1. The van der Waals surface area contributed by atoms with Crippen LogP contribution in [0.1, 0.15) is 26.2 Å². The standard InChI is InChI=1S/C17H19NO5/c1-11(23-16(19)8-12-4-2-3-5-12)17(20)18-13-6-7-14-15(9-13)22-10-21-14/h2,4,6-7,9,11-12H,3,5,8,10H2,1H3,(H,18,20)/t11-,12-/m0/s1. The third-order valence-electron chi connectivity index (χ3n) is 3.86. The van der Waals surface area contributed by atoms with Gasteiger partial charge in [0.2, 0.25) is 6.79 Å². The predicted octanol–water partition coefficient (Wildman–Crippen LogP) is 2.64. The average Bonchev–Trinajstić information content (AvgIpc) is 3.17. The number of carbonyl (C=O) groups is 2. The van der Waals surface area contributed by atoms with Crippen LogP contribution in [-0.2, 0) is 14.3 Å². The molecule has 23 heavy (non-hydrogen) atoms. The smallest absolute Gasteiger partial charge is 0.307 e. The van der Waals surface area contributed by atoms with Crippen LogP contribution in [0.3, 0.4) is 0 Å². The number of esters is 1. The fourth-order valence-corrected chi connectivity index (χ4v) is 2.60. The van der Waals surface area contributed by atoms with Gasteiger partial charge in [0.1, 0.15) is 0 Å². The molecule has 0 unspecified atom stereocenters. The van der Waals surface area contributed by atoms with Crippen LogP contribution in [-0.4, -0.2) is 24.8 Å². The lowest BCUT2D eigenvalue weighted by Gasteiger charge is -2.15. The third-order valence-corrected chi connectivity index (χ3v) is 3.86. The van der Waals surface area contributed by atoms with E-state index in [0.29, 0.717) is 23.6 Å². The second-order valence-corrected chi connectivity index (χ2v) is 5.66. The molecule has 0 fully saturated rings. The van der Waals surface area contributed by atoms with Gasteiger partial charge in [-0.25, -0.2) is 0 Å². The summed E-state index contributed by atoms with van der Waals surface area (Å²) in [6.07, 6.45) is 5.52. The number of amides is 1. The third kappa shape index (κ3) is 3.83. The Labute approximate surface area is 134 Å². The predicted molar refractivity (Wildman–Crippen MR) is 83.2 cm³/mol. The number of hydrogen-bond donors (Lipinski definition) is 1. The van der Waals surface area contributed by atoms with E-state index in [2.05, 4.69) is 11.4 Å². The van der Waals surface area contributed by atoms with Crippen molar-refractivity contribution in [2.75, 3.05) is 12.1 Å². The van der Waals surface area contributed by atoms with Crippen LogP contribution in [0.15, 0.2) is 30.4 Å². The SMILES string of the molecule is C[C@H](OC(=O)C[C@H]1C=CCC1)C(=O)Nc1ccc2c(c1)OCO2. The Morgan fingerprint density at radius 2 is 2.17 bits per heavy atom. The topological polar surface area (TPSA) is 73.9 Å². The first-order chi connectivity index (χ1) is 11.1. The Balaban J connectivity index is 1.51. The van der Waals surface area contributed by atoms with Gasteiger partial charge in [-0.15, -0.1) is 0 Å². The van der Waals surface area contributed by atoms with Crippen molar-refractivity contribution < 1.29 is 23.8 Å². The minimum atomic E-state index is -0.849. The summed E-state index contributed by atoms with van der Waals surface area (Å²) in [5.41, 5.74) is 0.570. The van der Waals surface area contributed by atoms with Crippen molar-refractivity contribution in [2.45, 2.75) is 32.3 Å². The summed E-state index contributed by atoms with van der Waals surface area (Å²) in [6.45, 7) is 1.74. The molecule has 6 heteroatoms. The molecule has 1 aliphatic carbocycles. The van der Waals surface area contributed by atoms with Crippen LogP contribution in [0, 0.1) is 5.92 Å². The van der Waals surface area contributed by atoms with Crippen molar-refractivity contribution >= 4 is 17.6 Å². The zero-order valence-electron chi connectivity index (χ0n) is 12.9. The van der Waals surface area contributed by atoms with E-state index in [-0.39, 0.29) is 24.6 Å². The molecule has 122 valence electrons. The highest BCUT2D eigenvalue weighted by Crippen LogP contribution is 2.34. The maximum atomic E-state index is 12.1. The molecular weight excluding hydrogens is 298 g/mol. The molecule has 1 N–H and O–H groups in total. The summed E-state index contributed by atoms with van der Waals surface area (Å²) in [4.78, 5) is 24.0. The van der Waals surface area contributed by atoms with Crippen LogP contribution < -0.4 is 14.8 Å². The van der Waals surface area contributed by atoms with E-state index >= 15 is 0 Å². The van der Waals surface area contributed by atoms with E-state index in [0.717, 1.165) is 12.8 Å². The zero-order chi connectivity index (χ0) is 16.2. The summed E-state index contributed by atoms with van der Waals surface area (Å²) in [6, 6.07) is 5.11. The number of ether oxygens (including phenoxy) is 3. The van der Waals surface area contributed by atoms with Crippen molar-refractivity contribution in [3.05, 3.63) is 30.4 Å². The summed E-state index contributed by atoms with van der Waals surface area (Å²) in [5.74, 6) is 0.730. The Morgan fingerprint density at radius 3 is 2.96 bits per heavy atom. The molecule has 0 saturated heterocycles. The number of allylic oxidation sites excluding steroid dienone is 2. The van der Waals surface area contributed by atoms with Gasteiger partial charge in [-0.3, -0.25) is 9.59 Å². The van der Waals surface area contributed by atoms with Gasteiger partial charge in [0.25, 0.3) is 5.91 Å². The van der Waals surface area contributed by atoms with Gasteiger partial charge >= 0.3 is 5.97 Å². The van der Waals surface area contributed by atoms with Gasteiger partial charge in [0.05, 0.1) is 6.42 Å². The molecular formula is C17H19NO5. The maximum absolute atomic E-state index is 12.1.